The van der Waals surface area contributed by atoms with Crippen molar-refractivity contribution in [3.63, 3.8) is 0 Å². The van der Waals surface area contributed by atoms with Gasteiger partial charge in [0.2, 0.25) is 5.91 Å². The fourth-order valence-electron chi connectivity index (χ4n) is 5.38. The third-order valence-corrected chi connectivity index (χ3v) is 7.97. The molecule has 0 aliphatic carbocycles. The lowest BCUT2D eigenvalue weighted by Gasteiger charge is -2.37. The first-order valence-electron chi connectivity index (χ1n) is 15.0. The number of halogens is 1. The molecular weight excluding hydrogens is 583 g/mol. The quantitative estimate of drug-likeness (QED) is 0.314. The summed E-state index contributed by atoms with van der Waals surface area (Å²) in [5.41, 5.74) is 1.70. The van der Waals surface area contributed by atoms with Crippen LogP contribution in [-0.4, -0.2) is 106 Å². The average Bonchev–Trinajstić information content (AvgIpc) is 3.06. The van der Waals surface area contributed by atoms with Gasteiger partial charge in [0.05, 0.1) is 13.7 Å². The van der Waals surface area contributed by atoms with Gasteiger partial charge in [-0.2, -0.15) is 0 Å². The van der Waals surface area contributed by atoms with Gasteiger partial charge in [-0.15, -0.1) is 0 Å². The Bertz CT molecular complexity index is 1360. The molecule has 1 fully saturated rings. The molecule has 0 spiro atoms. The maximum Gasteiger partial charge on any atom is 0.254 e. The number of ether oxygens (including phenoxy) is 2. The summed E-state index contributed by atoms with van der Waals surface area (Å²) < 4.78 is 24.7. The maximum absolute atomic E-state index is 14.6. The van der Waals surface area contributed by atoms with E-state index in [1.54, 1.807) is 24.3 Å². The summed E-state index contributed by atoms with van der Waals surface area (Å²) in [5, 5.41) is 42.5. The predicted molar refractivity (Wildman–Crippen MR) is 164 cm³/mol. The minimum atomic E-state index is -1.75. The summed E-state index contributed by atoms with van der Waals surface area (Å²) in [6.45, 7) is -0.757. The standard InChI is InChI=1S/C34H41FN2O8/c1-44-27-15-9-24(10-16-27)20-36-21-29(39)31(40)32(41)30(22-38)45-18-6-5-17-37(33(42)25-11-13-26(35)14-12-25)28(34(36)43)19-23-7-3-2-4-8-23/h2-4,7-16,28-32,38-41H,5-6,17-22H2,1H3/t28-,29-,30+,31+,32+/m0/s1. The van der Waals surface area contributed by atoms with Crippen LogP contribution in [0.5, 0.6) is 5.75 Å². The molecule has 10 nitrogen and oxygen atoms in total. The van der Waals surface area contributed by atoms with Crippen molar-refractivity contribution >= 4 is 11.8 Å². The van der Waals surface area contributed by atoms with Crippen LogP contribution in [0.15, 0.2) is 78.9 Å². The summed E-state index contributed by atoms with van der Waals surface area (Å²) in [6, 6.07) is 20.3. The number of rotatable bonds is 7. The van der Waals surface area contributed by atoms with Crippen LogP contribution in [0.2, 0.25) is 0 Å². The van der Waals surface area contributed by atoms with Crippen LogP contribution in [0.1, 0.15) is 34.3 Å². The highest BCUT2D eigenvalue weighted by Crippen LogP contribution is 2.22. The van der Waals surface area contributed by atoms with Crippen LogP contribution < -0.4 is 4.74 Å². The number of amides is 2. The van der Waals surface area contributed by atoms with Crippen LogP contribution in [0, 0.1) is 5.82 Å². The molecule has 4 N–H and O–H groups in total. The van der Waals surface area contributed by atoms with Crippen LogP contribution in [0.3, 0.4) is 0 Å². The molecule has 0 unspecified atom stereocenters. The molecule has 0 saturated carbocycles. The summed E-state index contributed by atoms with van der Waals surface area (Å²) in [6.07, 6.45) is -5.22. The van der Waals surface area contributed by atoms with E-state index in [1.165, 1.54) is 41.2 Å². The van der Waals surface area contributed by atoms with Crippen molar-refractivity contribution in [1.82, 2.24) is 9.80 Å². The molecule has 1 aliphatic heterocycles. The number of β-amino-alcohol motifs (C(OH)–C–C–N with tert-alkyl or cyclic N) is 1. The topological polar surface area (TPSA) is 140 Å². The minimum absolute atomic E-state index is 0.00645. The van der Waals surface area contributed by atoms with Crippen LogP contribution in [-0.2, 0) is 22.5 Å². The Morgan fingerprint density at radius 2 is 1.62 bits per heavy atom. The molecule has 1 aliphatic rings. The van der Waals surface area contributed by atoms with Gasteiger partial charge in [-0.25, -0.2) is 4.39 Å². The van der Waals surface area contributed by atoms with E-state index >= 15 is 0 Å². The third kappa shape index (κ3) is 9.09. The molecule has 4 rings (SSSR count). The predicted octanol–water partition coefficient (Wildman–Crippen LogP) is 2.17. The smallest absolute Gasteiger partial charge is 0.254 e. The second-order valence-electron chi connectivity index (χ2n) is 11.1. The second-order valence-corrected chi connectivity index (χ2v) is 11.1. The molecule has 0 bridgehead atoms. The van der Waals surface area contributed by atoms with Gasteiger partial charge in [0.1, 0.15) is 42.0 Å². The molecule has 5 atom stereocenters. The van der Waals surface area contributed by atoms with Crippen molar-refractivity contribution in [1.29, 1.82) is 0 Å². The normalized spacial score (nSPS) is 23.8. The molecule has 3 aromatic rings. The van der Waals surface area contributed by atoms with Gasteiger partial charge in [-0.1, -0.05) is 42.5 Å². The lowest BCUT2D eigenvalue weighted by molar-refractivity contribution is -0.150. The maximum atomic E-state index is 14.6. The van der Waals surface area contributed by atoms with Gasteiger partial charge in [0.25, 0.3) is 5.91 Å². The van der Waals surface area contributed by atoms with Crippen LogP contribution >= 0.6 is 0 Å². The van der Waals surface area contributed by atoms with Crippen LogP contribution in [0.4, 0.5) is 4.39 Å². The Hall–Kier alpha value is -3.87. The average molecular weight is 625 g/mol. The fraction of sp³-hybridized carbons (Fsp3) is 0.412. The number of nitrogens with zero attached hydrogens (tertiary/aromatic N) is 2. The second kappa shape index (κ2) is 16.4. The number of benzene rings is 3. The van der Waals surface area contributed by atoms with Crippen molar-refractivity contribution < 1.29 is 43.9 Å². The minimum Gasteiger partial charge on any atom is -0.497 e. The van der Waals surface area contributed by atoms with E-state index in [0.29, 0.717) is 24.2 Å². The number of aliphatic hydroxyl groups is 4. The lowest BCUT2D eigenvalue weighted by Crippen LogP contribution is -2.56. The van der Waals surface area contributed by atoms with Crippen molar-refractivity contribution in [3.05, 3.63) is 101 Å². The molecule has 11 heteroatoms. The van der Waals surface area contributed by atoms with Gasteiger partial charge >= 0.3 is 0 Å². The molecule has 0 radical (unpaired) electrons. The zero-order valence-corrected chi connectivity index (χ0v) is 25.2. The number of hydrogen-bond acceptors (Lipinski definition) is 8. The molecule has 2 amide bonds. The lowest BCUT2D eigenvalue weighted by atomic mass is 9.99. The van der Waals surface area contributed by atoms with E-state index < -0.39 is 61.2 Å². The highest BCUT2D eigenvalue weighted by atomic mass is 19.1. The summed E-state index contributed by atoms with van der Waals surface area (Å²) in [4.78, 5) is 31.5. The van der Waals surface area contributed by atoms with E-state index in [-0.39, 0.29) is 31.7 Å². The highest BCUT2D eigenvalue weighted by molar-refractivity contribution is 5.97. The van der Waals surface area contributed by atoms with Crippen molar-refractivity contribution in [2.45, 2.75) is 56.3 Å². The van der Waals surface area contributed by atoms with Gasteiger partial charge in [-0.05, 0) is 60.4 Å². The van der Waals surface area contributed by atoms with Crippen molar-refractivity contribution in [2.24, 2.45) is 0 Å². The Labute approximate surface area is 262 Å². The van der Waals surface area contributed by atoms with Gasteiger partial charge in [-0.3, -0.25) is 9.59 Å². The largest absolute Gasteiger partial charge is 0.497 e. The zero-order chi connectivity index (χ0) is 32.3. The number of carbonyl (C=O) groups is 2. The first kappa shape index (κ1) is 34.0. The number of hydrogen-bond donors (Lipinski definition) is 4. The third-order valence-electron chi connectivity index (χ3n) is 7.97. The van der Waals surface area contributed by atoms with Crippen molar-refractivity contribution in [3.8, 4) is 5.75 Å². The summed E-state index contributed by atoms with van der Waals surface area (Å²) >= 11 is 0. The molecule has 0 aromatic heterocycles. The van der Waals surface area contributed by atoms with Gasteiger partial charge in [0.15, 0.2) is 0 Å². The number of carbonyl (C=O) groups excluding carboxylic acids is 2. The summed E-state index contributed by atoms with van der Waals surface area (Å²) in [5.74, 6) is -0.845. The number of aliphatic hydroxyl groups excluding tert-OH is 4. The van der Waals surface area contributed by atoms with Crippen molar-refractivity contribution in [2.75, 3.05) is 33.4 Å². The van der Waals surface area contributed by atoms with Gasteiger partial charge < -0.3 is 39.7 Å². The Morgan fingerprint density at radius 1 is 0.933 bits per heavy atom. The Kier molecular flexibility index (Phi) is 12.4. The monoisotopic (exact) mass is 624 g/mol. The summed E-state index contributed by atoms with van der Waals surface area (Å²) in [7, 11) is 1.53. The molecule has 45 heavy (non-hydrogen) atoms. The number of methoxy groups -OCH3 is 1. The van der Waals surface area contributed by atoms with Gasteiger partial charge in [0, 0.05) is 38.2 Å². The molecule has 1 heterocycles. The van der Waals surface area contributed by atoms with E-state index in [4.69, 9.17) is 9.47 Å². The molecule has 242 valence electrons. The van der Waals surface area contributed by atoms with E-state index in [0.717, 1.165) is 5.56 Å². The van der Waals surface area contributed by atoms with E-state index in [2.05, 4.69) is 0 Å². The van der Waals surface area contributed by atoms with Crippen LogP contribution in [0.25, 0.3) is 0 Å². The zero-order valence-electron chi connectivity index (χ0n) is 25.2. The Balaban J connectivity index is 1.78. The van der Waals surface area contributed by atoms with E-state index in [1.807, 2.05) is 30.3 Å². The first-order valence-corrected chi connectivity index (χ1v) is 15.0. The SMILES string of the molecule is COc1ccc(CN2C[C@H](O)[C@@H](O)[C@H](O)[C@@H](CO)OCCCCN(C(=O)c3ccc(F)cc3)[C@@H](Cc3ccccc3)C2=O)cc1. The molecular formula is C34H41FN2O8. The molecule has 3 aromatic carbocycles. The highest BCUT2D eigenvalue weighted by Gasteiger charge is 2.38. The Morgan fingerprint density at radius 3 is 2.27 bits per heavy atom. The van der Waals surface area contributed by atoms with E-state index in [9.17, 15) is 34.4 Å². The first-order chi connectivity index (χ1) is 21.7. The molecule has 1 saturated heterocycles. The fourth-order valence-corrected chi connectivity index (χ4v) is 5.38.